The maximum absolute atomic E-state index is 12.3. The fourth-order valence-electron chi connectivity index (χ4n) is 2.41. The quantitative estimate of drug-likeness (QED) is 0.862. The van der Waals surface area contributed by atoms with Gasteiger partial charge in [0.05, 0.1) is 12.6 Å². The van der Waals surface area contributed by atoms with Gasteiger partial charge < -0.3 is 14.8 Å². The summed E-state index contributed by atoms with van der Waals surface area (Å²) in [4.78, 5) is 12.3. The molecular formula is C16H20BrNO3. The highest BCUT2D eigenvalue weighted by atomic mass is 79.9. The molecule has 1 aromatic heterocycles. The van der Waals surface area contributed by atoms with Crippen molar-refractivity contribution in [2.24, 2.45) is 5.92 Å². The number of furan rings is 1. The zero-order valence-electron chi connectivity index (χ0n) is 12.4. The number of nitrogens with one attached hydrogen (secondary N) is 1. The summed E-state index contributed by atoms with van der Waals surface area (Å²) in [5.41, 5.74) is 1.50. The fraction of sp³-hybridized carbons (Fsp3) is 0.438. The Morgan fingerprint density at radius 3 is 2.76 bits per heavy atom. The second-order valence-electron chi connectivity index (χ2n) is 5.68. The lowest BCUT2D eigenvalue weighted by Gasteiger charge is -2.17. The van der Waals surface area contributed by atoms with Crippen LogP contribution in [0.15, 0.2) is 27.1 Å². The van der Waals surface area contributed by atoms with Gasteiger partial charge in [0, 0.05) is 15.4 Å². The van der Waals surface area contributed by atoms with Crippen molar-refractivity contribution >= 4 is 32.8 Å². The van der Waals surface area contributed by atoms with Crippen LogP contribution < -0.4 is 5.32 Å². The van der Waals surface area contributed by atoms with Crippen molar-refractivity contribution in [1.29, 1.82) is 0 Å². The monoisotopic (exact) mass is 353 g/mol. The largest absolute Gasteiger partial charge is 0.451 e. The van der Waals surface area contributed by atoms with Crippen LogP contribution in [-0.4, -0.2) is 23.7 Å². The van der Waals surface area contributed by atoms with Crippen LogP contribution in [0.5, 0.6) is 0 Å². The number of aliphatic hydroxyl groups excluding tert-OH is 1. The smallest absolute Gasteiger partial charge is 0.287 e. The van der Waals surface area contributed by atoms with Crippen molar-refractivity contribution in [3.63, 3.8) is 0 Å². The van der Waals surface area contributed by atoms with E-state index in [0.29, 0.717) is 17.3 Å². The van der Waals surface area contributed by atoms with Gasteiger partial charge in [0.25, 0.3) is 5.91 Å². The molecule has 2 N–H and O–H groups in total. The summed E-state index contributed by atoms with van der Waals surface area (Å²) in [5, 5.41) is 13.1. The first kappa shape index (κ1) is 16.0. The summed E-state index contributed by atoms with van der Waals surface area (Å²) < 4.78 is 6.59. The minimum atomic E-state index is -0.278. The molecular weight excluding hydrogens is 334 g/mol. The van der Waals surface area contributed by atoms with Gasteiger partial charge in [0.15, 0.2) is 5.76 Å². The molecule has 1 heterocycles. The van der Waals surface area contributed by atoms with Gasteiger partial charge in [-0.2, -0.15) is 0 Å². The van der Waals surface area contributed by atoms with Gasteiger partial charge in [-0.3, -0.25) is 4.79 Å². The van der Waals surface area contributed by atoms with E-state index in [1.165, 1.54) is 0 Å². The maximum atomic E-state index is 12.3. The molecule has 4 nitrogen and oxygen atoms in total. The third-order valence-corrected chi connectivity index (χ3v) is 3.91. The van der Waals surface area contributed by atoms with Crippen molar-refractivity contribution in [3.8, 4) is 0 Å². The molecule has 21 heavy (non-hydrogen) atoms. The van der Waals surface area contributed by atoms with E-state index >= 15 is 0 Å². The van der Waals surface area contributed by atoms with Crippen molar-refractivity contribution in [2.75, 3.05) is 6.61 Å². The first-order valence-corrected chi connectivity index (χ1v) is 7.82. The second kappa shape index (κ2) is 6.62. The molecule has 0 aliphatic carbocycles. The van der Waals surface area contributed by atoms with Gasteiger partial charge >= 0.3 is 0 Å². The van der Waals surface area contributed by atoms with E-state index in [1.54, 1.807) is 0 Å². The second-order valence-corrected chi connectivity index (χ2v) is 6.59. The van der Waals surface area contributed by atoms with Crippen LogP contribution >= 0.6 is 15.9 Å². The topological polar surface area (TPSA) is 62.5 Å². The summed E-state index contributed by atoms with van der Waals surface area (Å²) in [6.45, 7) is 5.90. The summed E-state index contributed by atoms with van der Waals surface area (Å²) in [7, 11) is 0. The predicted octanol–water partition coefficient (Wildman–Crippen LogP) is 3.64. The number of hydrogen-bond donors (Lipinski definition) is 2. The minimum Gasteiger partial charge on any atom is -0.451 e. The van der Waals surface area contributed by atoms with Crippen LogP contribution in [0.4, 0.5) is 0 Å². The lowest BCUT2D eigenvalue weighted by Crippen LogP contribution is -2.38. The molecule has 0 fully saturated rings. The third-order valence-electron chi connectivity index (χ3n) is 3.42. The Bertz CT molecular complexity index is 648. The molecule has 0 bridgehead atoms. The molecule has 1 amide bonds. The number of fused-ring (bicyclic) bond motifs is 1. The summed E-state index contributed by atoms with van der Waals surface area (Å²) in [6, 6.07) is 5.39. The first-order chi connectivity index (χ1) is 9.92. The van der Waals surface area contributed by atoms with E-state index in [4.69, 9.17) is 4.42 Å². The molecule has 0 saturated heterocycles. The van der Waals surface area contributed by atoms with Crippen LogP contribution in [0.1, 0.15) is 36.4 Å². The highest BCUT2D eigenvalue weighted by Gasteiger charge is 2.21. The zero-order valence-corrected chi connectivity index (χ0v) is 14.0. The molecule has 0 aliphatic heterocycles. The molecule has 1 atom stereocenters. The van der Waals surface area contributed by atoms with Crippen LogP contribution in [-0.2, 0) is 0 Å². The Labute approximate surface area is 132 Å². The summed E-state index contributed by atoms with van der Waals surface area (Å²) in [6.07, 6.45) is 0.729. The number of aryl methyl sites for hydroxylation is 1. The Balaban J connectivity index is 2.25. The predicted molar refractivity (Wildman–Crippen MR) is 86.4 cm³/mol. The van der Waals surface area contributed by atoms with Crippen LogP contribution in [0.2, 0.25) is 0 Å². The number of halogens is 1. The van der Waals surface area contributed by atoms with E-state index in [-0.39, 0.29) is 18.6 Å². The number of aliphatic hydroxyl groups is 1. The Kier molecular flexibility index (Phi) is 5.06. The van der Waals surface area contributed by atoms with Crippen molar-refractivity contribution in [2.45, 2.75) is 33.2 Å². The SMILES string of the molecule is Cc1c(C(=O)NC(CO)CC(C)C)oc2ccc(Br)cc12. The van der Waals surface area contributed by atoms with Crippen molar-refractivity contribution in [1.82, 2.24) is 5.32 Å². The van der Waals surface area contributed by atoms with E-state index < -0.39 is 0 Å². The number of hydrogen-bond acceptors (Lipinski definition) is 3. The van der Waals surface area contributed by atoms with Crippen LogP contribution in [0, 0.1) is 12.8 Å². The lowest BCUT2D eigenvalue weighted by atomic mass is 10.0. The highest BCUT2D eigenvalue weighted by Crippen LogP contribution is 2.28. The van der Waals surface area contributed by atoms with Crippen LogP contribution in [0.25, 0.3) is 11.0 Å². The highest BCUT2D eigenvalue weighted by molar-refractivity contribution is 9.10. The molecule has 0 spiro atoms. The zero-order chi connectivity index (χ0) is 15.6. The summed E-state index contributed by atoms with van der Waals surface area (Å²) >= 11 is 3.42. The molecule has 0 saturated carbocycles. The number of benzene rings is 1. The first-order valence-electron chi connectivity index (χ1n) is 7.02. The number of amides is 1. The van der Waals surface area contributed by atoms with E-state index in [1.807, 2.05) is 25.1 Å². The van der Waals surface area contributed by atoms with Gasteiger partial charge in [0.1, 0.15) is 5.58 Å². The Hall–Kier alpha value is -1.33. The van der Waals surface area contributed by atoms with Gasteiger partial charge in [-0.1, -0.05) is 29.8 Å². The number of carbonyl (C=O) groups is 1. The molecule has 0 aliphatic rings. The lowest BCUT2D eigenvalue weighted by molar-refractivity contribution is 0.0881. The maximum Gasteiger partial charge on any atom is 0.287 e. The fourth-order valence-corrected chi connectivity index (χ4v) is 2.77. The van der Waals surface area contributed by atoms with Gasteiger partial charge in [-0.25, -0.2) is 0 Å². The molecule has 114 valence electrons. The average Bonchev–Trinajstić information content (AvgIpc) is 2.74. The van der Waals surface area contributed by atoms with Crippen LogP contribution in [0.3, 0.4) is 0 Å². The molecule has 2 rings (SSSR count). The van der Waals surface area contributed by atoms with Gasteiger partial charge in [0.2, 0.25) is 0 Å². The van der Waals surface area contributed by atoms with E-state index in [9.17, 15) is 9.90 Å². The standard InChI is InChI=1S/C16H20BrNO3/c1-9(2)6-12(8-19)18-16(20)15-10(3)13-7-11(17)4-5-14(13)21-15/h4-5,7,9,12,19H,6,8H2,1-3H3,(H,18,20). The van der Waals surface area contributed by atoms with Crippen molar-refractivity contribution in [3.05, 3.63) is 34.0 Å². The minimum absolute atomic E-state index is 0.0747. The van der Waals surface area contributed by atoms with E-state index in [2.05, 4.69) is 35.1 Å². The van der Waals surface area contributed by atoms with Crippen molar-refractivity contribution < 1.29 is 14.3 Å². The molecule has 0 radical (unpaired) electrons. The average molecular weight is 354 g/mol. The molecule has 2 aromatic rings. The third kappa shape index (κ3) is 3.66. The molecule has 5 heteroatoms. The molecule has 1 aromatic carbocycles. The van der Waals surface area contributed by atoms with Gasteiger partial charge in [-0.15, -0.1) is 0 Å². The number of carbonyl (C=O) groups excluding carboxylic acids is 1. The Morgan fingerprint density at radius 2 is 2.14 bits per heavy atom. The van der Waals surface area contributed by atoms with Gasteiger partial charge in [-0.05, 0) is 37.5 Å². The number of rotatable bonds is 5. The normalized spacial score (nSPS) is 12.9. The molecule has 1 unspecified atom stereocenters. The van der Waals surface area contributed by atoms with E-state index in [0.717, 1.165) is 21.8 Å². The summed E-state index contributed by atoms with van der Waals surface area (Å²) in [5.74, 6) is 0.431. The Morgan fingerprint density at radius 1 is 1.43 bits per heavy atom.